The molecule has 2 aromatic carbocycles. The number of hydrogen-bond donors (Lipinski definition) is 0. The predicted molar refractivity (Wildman–Crippen MR) is 97.0 cm³/mol. The van der Waals surface area contributed by atoms with E-state index in [1.54, 1.807) is 32.8 Å². The van der Waals surface area contributed by atoms with Gasteiger partial charge < -0.3 is 14.2 Å². The molecule has 1 aliphatic rings. The first-order valence-electron chi connectivity index (χ1n) is 8.68. The van der Waals surface area contributed by atoms with E-state index >= 15 is 0 Å². The SMILES string of the molecule is CCOC(=O)C1(C(=O)OCC)Oc2cc3ccccc3cc2C1N(C)C. The van der Waals surface area contributed by atoms with Gasteiger partial charge in [0.25, 0.3) is 0 Å². The van der Waals surface area contributed by atoms with E-state index in [1.807, 2.05) is 36.4 Å². The Balaban J connectivity index is 2.21. The van der Waals surface area contributed by atoms with Crippen LogP contribution in [0.4, 0.5) is 0 Å². The number of esters is 2. The Bertz CT molecular complexity index is 827. The average Bonchev–Trinajstić information content (AvgIpc) is 2.95. The Kier molecular flexibility index (Phi) is 4.87. The fraction of sp³-hybridized carbons (Fsp3) is 0.400. The third kappa shape index (κ3) is 2.70. The summed E-state index contributed by atoms with van der Waals surface area (Å²) in [7, 11) is 3.59. The van der Waals surface area contributed by atoms with Gasteiger partial charge in [0, 0.05) is 5.56 Å². The number of rotatable bonds is 5. The molecule has 26 heavy (non-hydrogen) atoms. The maximum atomic E-state index is 12.9. The van der Waals surface area contributed by atoms with Crippen LogP contribution < -0.4 is 4.74 Å². The van der Waals surface area contributed by atoms with Gasteiger partial charge in [0.15, 0.2) is 0 Å². The van der Waals surface area contributed by atoms with E-state index in [0.29, 0.717) is 5.75 Å². The van der Waals surface area contributed by atoms with E-state index in [-0.39, 0.29) is 13.2 Å². The highest BCUT2D eigenvalue weighted by atomic mass is 16.6. The van der Waals surface area contributed by atoms with E-state index in [9.17, 15) is 9.59 Å². The van der Waals surface area contributed by atoms with Crippen LogP contribution in [0.1, 0.15) is 25.5 Å². The Morgan fingerprint density at radius 3 is 2.08 bits per heavy atom. The molecular formula is C20H23NO5. The van der Waals surface area contributed by atoms with Gasteiger partial charge in [0.1, 0.15) is 11.8 Å². The molecule has 1 atom stereocenters. The monoisotopic (exact) mass is 357 g/mol. The molecule has 0 spiro atoms. The summed E-state index contributed by atoms with van der Waals surface area (Å²) in [5.41, 5.74) is -1.12. The minimum atomic E-state index is -1.88. The first kappa shape index (κ1) is 18.2. The van der Waals surface area contributed by atoms with Gasteiger partial charge in [0.2, 0.25) is 0 Å². The van der Waals surface area contributed by atoms with Crippen molar-refractivity contribution in [1.82, 2.24) is 4.90 Å². The minimum absolute atomic E-state index is 0.141. The van der Waals surface area contributed by atoms with Crippen molar-refractivity contribution < 1.29 is 23.8 Å². The molecule has 2 aromatic rings. The zero-order valence-corrected chi connectivity index (χ0v) is 15.4. The maximum absolute atomic E-state index is 12.9. The van der Waals surface area contributed by atoms with Gasteiger partial charge in [-0.25, -0.2) is 9.59 Å². The number of benzene rings is 2. The van der Waals surface area contributed by atoms with Crippen LogP contribution in [0.2, 0.25) is 0 Å². The van der Waals surface area contributed by atoms with Crippen LogP contribution >= 0.6 is 0 Å². The van der Waals surface area contributed by atoms with Gasteiger partial charge in [-0.15, -0.1) is 0 Å². The Morgan fingerprint density at radius 1 is 1.04 bits per heavy atom. The fourth-order valence-corrected chi connectivity index (χ4v) is 3.50. The summed E-state index contributed by atoms with van der Waals surface area (Å²) in [6, 6.07) is 11.0. The predicted octanol–water partition coefficient (Wildman–Crippen LogP) is 2.70. The minimum Gasteiger partial charge on any atom is -0.463 e. The third-order valence-corrected chi connectivity index (χ3v) is 4.50. The first-order valence-corrected chi connectivity index (χ1v) is 8.68. The zero-order valence-electron chi connectivity index (χ0n) is 15.4. The summed E-state index contributed by atoms with van der Waals surface area (Å²) in [4.78, 5) is 27.6. The molecule has 1 unspecified atom stereocenters. The second-order valence-corrected chi connectivity index (χ2v) is 6.38. The molecule has 138 valence electrons. The Labute approximate surface area is 152 Å². The molecule has 0 saturated carbocycles. The van der Waals surface area contributed by atoms with Crippen molar-refractivity contribution in [2.24, 2.45) is 0 Å². The molecule has 6 nitrogen and oxygen atoms in total. The summed E-state index contributed by atoms with van der Waals surface area (Å²) in [5, 5.41) is 1.97. The lowest BCUT2D eigenvalue weighted by Crippen LogP contribution is -2.58. The Morgan fingerprint density at radius 2 is 1.58 bits per heavy atom. The van der Waals surface area contributed by atoms with Crippen LogP contribution in [0, 0.1) is 0 Å². The summed E-state index contributed by atoms with van der Waals surface area (Å²) in [6.45, 7) is 3.67. The van der Waals surface area contributed by atoms with Crippen LogP contribution in [0.15, 0.2) is 36.4 Å². The lowest BCUT2D eigenvalue weighted by Gasteiger charge is -2.33. The summed E-state index contributed by atoms with van der Waals surface area (Å²) < 4.78 is 16.4. The van der Waals surface area contributed by atoms with E-state index in [0.717, 1.165) is 16.3 Å². The number of hydrogen-bond acceptors (Lipinski definition) is 6. The highest BCUT2D eigenvalue weighted by Gasteiger charge is 2.63. The molecule has 0 aromatic heterocycles. The normalized spacial score (nSPS) is 17.7. The second kappa shape index (κ2) is 6.96. The van der Waals surface area contributed by atoms with Gasteiger partial charge in [0.05, 0.1) is 13.2 Å². The van der Waals surface area contributed by atoms with Crippen molar-refractivity contribution in [3.63, 3.8) is 0 Å². The molecule has 0 saturated heterocycles. The van der Waals surface area contributed by atoms with Crippen molar-refractivity contribution in [1.29, 1.82) is 0 Å². The van der Waals surface area contributed by atoms with Crippen LogP contribution in [0.3, 0.4) is 0 Å². The standard InChI is InChI=1S/C20H23NO5/c1-5-24-18(22)20(19(23)25-6-2)17(21(3)4)15-11-13-9-7-8-10-14(13)12-16(15)26-20/h7-12,17H,5-6H2,1-4H3. The van der Waals surface area contributed by atoms with Crippen LogP contribution in [-0.2, 0) is 19.1 Å². The maximum Gasteiger partial charge on any atom is 0.364 e. The van der Waals surface area contributed by atoms with Crippen molar-refractivity contribution in [2.75, 3.05) is 27.3 Å². The van der Waals surface area contributed by atoms with Gasteiger partial charge in [-0.05, 0) is 50.8 Å². The largest absolute Gasteiger partial charge is 0.463 e. The van der Waals surface area contributed by atoms with Gasteiger partial charge >= 0.3 is 17.5 Å². The number of likely N-dealkylation sites (N-methyl/N-ethyl adjacent to an activating group) is 1. The van der Waals surface area contributed by atoms with Gasteiger partial charge in [-0.3, -0.25) is 4.90 Å². The van der Waals surface area contributed by atoms with Crippen LogP contribution in [0.25, 0.3) is 10.8 Å². The lowest BCUT2D eigenvalue weighted by atomic mass is 9.89. The molecule has 1 aliphatic heterocycles. The number of nitrogens with zero attached hydrogens (tertiary/aromatic N) is 1. The molecule has 0 radical (unpaired) electrons. The topological polar surface area (TPSA) is 65.1 Å². The van der Waals surface area contributed by atoms with Crippen LogP contribution in [-0.4, -0.2) is 49.7 Å². The Hall–Kier alpha value is -2.60. The molecule has 0 N–H and O–H groups in total. The summed E-state index contributed by atoms with van der Waals surface area (Å²) in [6.07, 6.45) is 0. The van der Waals surface area contributed by atoms with Crippen LogP contribution in [0.5, 0.6) is 5.75 Å². The smallest absolute Gasteiger partial charge is 0.364 e. The van der Waals surface area contributed by atoms with Gasteiger partial charge in [-0.1, -0.05) is 24.3 Å². The van der Waals surface area contributed by atoms with E-state index in [4.69, 9.17) is 14.2 Å². The molecule has 3 rings (SSSR count). The molecular weight excluding hydrogens is 334 g/mol. The highest BCUT2D eigenvalue weighted by molar-refractivity contribution is 6.06. The number of ether oxygens (including phenoxy) is 3. The number of fused-ring (bicyclic) bond motifs is 2. The van der Waals surface area contributed by atoms with Crippen molar-refractivity contribution in [2.45, 2.75) is 25.5 Å². The van der Waals surface area contributed by atoms with Crippen molar-refractivity contribution in [3.8, 4) is 5.75 Å². The molecule has 6 heteroatoms. The van der Waals surface area contributed by atoms with E-state index in [1.165, 1.54) is 0 Å². The molecule has 1 heterocycles. The summed E-state index contributed by atoms with van der Waals surface area (Å²) >= 11 is 0. The quantitative estimate of drug-likeness (QED) is 0.606. The molecule has 0 fully saturated rings. The highest BCUT2D eigenvalue weighted by Crippen LogP contribution is 2.48. The molecule has 0 bridgehead atoms. The zero-order chi connectivity index (χ0) is 18.9. The average molecular weight is 357 g/mol. The van der Waals surface area contributed by atoms with E-state index in [2.05, 4.69) is 0 Å². The van der Waals surface area contributed by atoms with E-state index < -0.39 is 23.6 Å². The summed E-state index contributed by atoms with van der Waals surface area (Å²) in [5.74, 6) is -0.988. The number of carbonyl (C=O) groups is 2. The lowest BCUT2D eigenvalue weighted by molar-refractivity contribution is -0.183. The van der Waals surface area contributed by atoms with Crippen molar-refractivity contribution in [3.05, 3.63) is 42.0 Å². The van der Waals surface area contributed by atoms with Crippen molar-refractivity contribution >= 4 is 22.7 Å². The van der Waals surface area contributed by atoms with Gasteiger partial charge in [-0.2, -0.15) is 0 Å². The molecule has 0 amide bonds. The molecule has 0 aliphatic carbocycles. The number of carbonyl (C=O) groups excluding carboxylic acids is 2. The fourth-order valence-electron chi connectivity index (χ4n) is 3.50. The second-order valence-electron chi connectivity index (χ2n) is 6.38. The third-order valence-electron chi connectivity index (χ3n) is 4.50. The first-order chi connectivity index (χ1) is 12.5.